The van der Waals surface area contributed by atoms with Crippen LogP contribution in [0.15, 0.2) is 22.7 Å². The highest BCUT2D eigenvalue weighted by atomic mass is 79.9. The van der Waals surface area contributed by atoms with Crippen LogP contribution in [0.4, 0.5) is 4.39 Å². The van der Waals surface area contributed by atoms with Gasteiger partial charge in [0.25, 0.3) is 0 Å². The van der Waals surface area contributed by atoms with Crippen molar-refractivity contribution in [2.75, 3.05) is 0 Å². The molecular formula is C13H13BrClFN2O. The highest BCUT2D eigenvalue weighted by Gasteiger charge is 2.19. The van der Waals surface area contributed by atoms with Crippen molar-refractivity contribution in [3.05, 3.63) is 50.5 Å². The molecule has 1 N–H and O–H groups in total. The van der Waals surface area contributed by atoms with Crippen molar-refractivity contribution in [2.45, 2.75) is 19.4 Å². The lowest BCUT2D eigenvalue weighted by Crippen LogP contribution is -2.05. The zero-order valence-corrected chi connectivity index (χ0v) is 12.8. The Morgan fingerprint density at radius 2 is 2.21 bits per heavy atom. The molecule has 0 spiro atoms. The summed E-state index contributed by atoms with van der Waals surface area (Å²) in [5.41, 5.74) is 1.73. The molecule has 1 heterocycles. The molecule has 1 aromatic carbocycles. The lowest BCUT2D eigenvalue weighted by molar-refractivity contribution is 0.173. The van der Waals surface area contributed by atoms with Crippen LogP contribution in [0, 0.1) is 12.7 Å². The summed E-state index contributed by atoms with van der Waals surface area (Å²) in [6, 6.07) is 4.58. The molecule has 6 heteroatoms. The molecule has 3 nitrogen and oxygen atoms in total. The van der Waals surface area contributed by atoms with E-state index in [2.05, 4.69) is 21.0 Å². The van der Waals surface area contributed by atoms with E-state index in [0.29, 0.717) is 9.63 Å². The molecule has 0 aliphatic rings. The topological polar surface area (TPSA) is 38.0 Å². The largest absolute Gasteiger partial charge is 0.388 e. The van der Waals surface area contributed by atoms with E-state index in [1.807, 2.05) is 6.92 Å². The van der Waals surface area contributed by atoms with Crippen molar-refractivity contribution < 1.29 is 9.50 Å². The van der Waals surface area contributed by atoms with E-state index in [9.17, 15) is 9.50 Å². The van der Waals surface area contributed by atoms with Crippen LogP contribution in [0.2, 0.25) is 5.15 Å². The first kappa shape index (κ1) is 14.5. The van der Waals surface area contributed by atoms with E-state index in [0.717, 1.165) is 11.3 Å². The van der Waals surface area contributed by atoms with Gasteiger partial charge in [-0.05, 0) is 19.1 Å². The molecule has 1 atom stereocenters. The molecule has 2 aromatic rings. The molecule has 19 heavy (non-hydrogen) atoms. The Morgan fingerprint density at radius 1 is 1.53 bits per heavy atom. The highest BCUT2D eigenvalue weighted by Crippen LogP contribution is 2.28. The molecule has 1 unspecified atom stereocenters. The number of nitrogens with zero attached hydrogens (tertiary/aromatic N) is 2. The van der Waals surface area contributed by atoms with Crippen LogP contribution in [0.1, 0.15) is 22.9 Å². The molecule has 2 rings (SSSR count). The Morgan fingerprint density at radius 3 is 2.74 bits per heavy atom. The minimum Gasteiger partial charge on any atom is -0.388 e. The Balaban J connectivity index is 2.28. The second kappa shape index (κ2) is 5.61. The summed E-state index contributed by atoms with van der Waals surface area (Å²) in [4.78, 5) is 0. The van der Waals surface area contributed by atoms with Gasteiger partial charge >= 0.3 is 0 Å². The normalized spacial score (nSPS) is 12.7. The van der Waals surface area contributed by atoms with Crippen LogP contribution >= 0.6 is 27.5 Å². The number of aliphatic hydroxyl groups is 1. The second-order valence-electron chi connectivity index (χ2n) is 4.36. The summed E-state index contributed by atoms with van der Waals surface area (Å²) in [6.07, 6.45) is -0.717. The zero-order valence-electron chi connectivity index (χ0n) is 10.5. The molecule has 1 aromatic heterocycles. The molecule has 0 bridgehead atoms. The maximum atomic E-state index is 13.8. The minimum atomic E-state index is -0.950. The van der Waals surface area contributed by atoms with Crippen molar-refractivity contribution >= 4 is 27.5 Å². The van der Waals surface area contributed by atoms with Gasteiger partial charge in [-0.2, -0.15) is 5.10 Å². The summed E-state index contributed by atoms with van der Waals surface area (Å²) < 4.78 is 15.9. The third-order valence-electron chi connectivity index (χ3n) is 2.99. The van der Waals surface area contributed by atoms with Gasteiger partial charge < -0.3 is 5.11 Å². The van der Waals surface area contributed by atoms with Crippen molar-refractivity contribution in [1.29, 1.82) is 0 Å². The third-order valence-corrected chi connectivity index (χ3v) is 3.95. The summed E-state index contributed by atoms with van der Waals surface area (Å²) in [6.45, 7) is 1.81. The van der Waals surface area contributed by atoms with Crippen LogP contribution < -0.4 is 0 Å². The van der Waals surface area contributed by atoms with E-state index in [4.69, 9.17) is 11.6 Å². The summed E-state index contributed by atoms with van der Waals surface area (Å²) >= 11 is 9.28. The van der Waals surface area contributed by atoms with Crippen LogP contribution in [0.25, 0.3) is 0 Å². The Bertz CT molecular complexity index is 615. The SMILES string of the molecule is Cc1nn(C)c(Cl)c1CC(O)c1ccc(Br)cc1F. The first-order valence-corrected chi connectivity index (χ1v) is 6.88. The maximum Gasteiger partial charge on any atom is 0.130 e. The molecule has 0 radical (unpaired) electrons. The predicted molar refractivity (Wildman–Crippen MR) is 75.7 cm³/mol. The summed E-state index contributed by atoms with van der Waals surface area (Å²) in [5, 5.41) is 14.8. The molecule has 0 fully saturated rings. The van der Waals surface area contributed by atoms with Gasteiger partial charge in [0.15, 0.2) is 0 Å². The Kier molecular flexibility index (Phi) is 4.28. The average Bonchev–Trinajstić information content (AvgIpc) is 2.56. The summed E-state index contributed by atoms with van der Waals surface area (Å²) in [5.74, 6) is -0.445. The van der Waals surface area contributed by atoms with Gasteiger partial charge in [0, 0.05) is 29.1 Å². The predicted octanol–water partition coefficient (Wildman–Crippen LogP) is 3.56. The van der Waals surface area contributed by atoms with Crippen LogP contribution in [0.5, 0.6) is 0 Å². The molecule has 0 aliphatic heterocycles. The number of aliphatic hydroxyl groups excluding tert-OH is 1. The number of halogens is 3. The zero-order chi connectivity index (χ0) is 14.2. The quantitative estimate of drug-likeness (QED) is 0.922. The monoisotopic (exact) mass is 346 g/mol. The van der Waals surface area contributed by atoms with Gasteiger partial charge in [0.05, 0.1) is 11.8 Å². The lowest BCUT2D eigenvalue weighted by atomic mass is 10.0. The fraction of sp³-hybridized carbons (Fsp3) is 0.308. The first-order valence-electron chi connectivity index (χ1n) is 5.71. The lowest BCUT2D eigenvalue weighted by Gasteiger charge is -2.12. The highest BCUT2D eigenvalue weighted by molar-refractivity contribution is 9.10. The van der Waals surface area contributed by atoms with E-state index in [1.165, 1.54) is 10.7 Å². The van der Waals surface area contributed by atoms with Gasteiger partial charge in [-0.1, -0.05) is 33.6 Å². The van der Waals surface area contributed by atoms with Crippen LogP contribution in [-0.2, 0) is 13.5 Å². The van der Waals surface area contributed by atoms with Gasteiger partial charge in [-0.3, -0.25) is 4.68 Å². The van der Waals surface area contributed by atoms with Gasteiger partial charge in [0.2, 0.25) is 0 Å². The number of hydrogen-bond donors (Lipinski definition) is 1. The number of benzene rings is 1. The number of aryl methyl sites for hydroxylation is 2. The average molecular weight is 348 g/mol. The van der Waals surface area contributed by atoms with Crippen molar-refractivity contribution in [3.63, 3.8) is 0 Å². The standard InChI is InChI=1S/C13H13BrClFN2O/c1-7-10(13(15)18(2)17-7)6-12(19)9-4-3-8(14)5-11(9)16/h3-5,12,19H,6H2,1-2H3. The Hall–Kier alpha value is -0.910. The molecule has 0 saturated heterocycles. The second-order valence-corrected chi connectivity index (χ2v) is 5.64. The number of rotatable bonds is 3. The fourth-order valence-electron chi connectivity index (χ4n) is 1.98. The van der Waals surface area contributed by atoms with E-state index in [-0.39, 0.29) is 12.0 Å². The van der Waals surface area contributed by atoms with Crippen molar-refractivity contribution in [2.24, 2.45) is 7.05 Å². The van der Waals surface area contributed by atoms with Crippen LogP contribution in [-0.4, -0.2) is 14.9 Å². The van der Waals surface area contributed by atoms with E-state index >= 15 is 0 Å². The maximum absolute atomic E-state index is 13.8. The number of hydrogen-bond acceptors (Lipinski definition) is 2. The van der Waals surface area contributed by atoms with Gasteiger partial charge in [-0.25, -0.2) is 4.39 Å². The van der Waals surface area contributed by atoms with Crippen molar-refractivity contribution in [3.8, 4) is 0 Å². The third kappa shape index (κ3) is 2.99. The van der Waals surface area contributed by atoms with E-state index in [1.54, 1.807) is 19.2 Å². The summed E-state index contributed by atoms with van der Waals surface area (Å²) in [7, 11) is 1.73. The molecule has 0 saturated carbocycles. The Labute approximate surface area is 124 Å². The molecule has 0 aliphatic carbocycles. The number of aromatic nitrogens is 2. The van der Waals surface area contributed by atoms with Crippen LogP contribution in [0.3, 0.4) is 0 Å². The van der Waals surface area contributed by atoms with Gasteiger partial charge in [0.1, 0.15) is 11.0 Å². The minimum absolute atomic E-state index is 0.233. The van der Waals surface area contributed by atoms with Crippen molar-refractivity contribution in [1.82, 2.24) is 9.78 Å². The molecule has 102 valence electrons. The first-order chi connectivity index (χ1) is 8.90. The van der Waals surface area contributed by atoms with Gasteiger partial charge in [-0.15, -0.1) is 0 Å². The molecular weight excluding hydrogens is 335 g/mol. The fourth-order valence-corrected chi connectivity index (χ4v) is 2.57. The smallest absolute Gasteiger partial charge is 0.130 e. The molecule has 0 amide bonds. The van der Waals surface area contributed by atoms with E-state index < -0.39 is 11.9 Å².